The Balaban J connectivity index is 1.44. The summed E-state index contributed by atoms with van der Waals surface area (Å²) in [4.78, 5) is 31.9. The zero-order chi connectivity index (χ0) is 18.3. The Morgan fingerprint density at radius 3 is 2.62 bits per heavy atom. The molecule has 1 saturated heterocycles. The van der Waals surface area contributed by atoms with Crippen molar-refractivity contribution < 1.29 is 9.72 Å². The molecule has 1 amide bonds. The Bertz CT molecular complexity index is 994. The zero-order valence-corrected chi connectivity index (χ0v) is 16.6. The predicted octanol–water partition coefficient (Wildman–Crippen LogP) is 3.99. The minimum atomic E-state index is -0.467. The van der Waals surface area contributed by atoms with Crippen molar-refractivity contribution >= 4 is 64.9 Å². The molecular formula is C16H13BrN4O3S2. The van der Waals surface area contributed by atoms with Crippen LogP contribution >= 0.6 is 38.6 Å². The fraction of sp³-hybridized carbons (Fsp3) is 0.250. The van der Waals surface area contributed by atoms with Crippen LogP contribution in [0.15, 0.2) is 34.8 Å². The maximum atomic E-state index is 12.5. The number of hydrogen-bond acceptors (Lipinski definition) is 7. The maximum Gasteiger partial charge on any atom is 0.324 e. The molecule has 3 aromatic rings. The third kappa shape index (κ3) is 3.31. The molecule has 0 atom stereocenters. The molecule has 10 heteroatoms. The minimum absolute atomic E-state index is 0.00683. The number of amides is 1. The Morgan fingerprint density at radius 1 is 1.15 bits per heavy atom. The van der Waals surface area contributed by atoms with E-state index in [1.165, 1.54) is 12.1 Å². The van der Waals surface area contributed by atoms with Gasteiger partial charge < -0.3 is 9.80 Å². The van der Waals surface area contributed by atoms with Crippen LogP contribution in [0.2, 0.25) is 0 Å². The molecule has 1 aliphatic rings. The van der Waals surface area contributed by atoms with E-state index in [1.807, 2.05) is 12.1 Å². The van der Waals surface area contributed by atoms with Crippen molar-refractivity contribution in [2.45, 2.75) is 0 Å². The van der Waals surface area contributed by atoms with Gasteiger partial charge in [-0.3, -0.25) is 14.9 Å². The summed E-state index contributed by atoms with van der Waals surface area (Å²) >= 11 is 6.04. The van der Waals surface area contributed by atoms with Crippen LogP contribution in [0, 0.1) is 10.1 Å². The van der Waals surface area contributed by atoms with Gasteiger partial charge in [-0.1, -0.05) is 38.6 Å². The lowest BCUT2D eigenvalue weighted by Crippen LogP contribution is -2.48. The van der Waals surface area contributed by atoms with Crippen LogP contribution in [0.4, 0.5) is 10.1 Å². The minimum Gasteiger partial charge on any atom is -0.345 e. The quantitative estimate of drug-likeness (QED) is 0.443. The Kier molecular flexibility index (Phi) is 4.63. The molecule has 0 spiro atoms. The van der Waals surface area contributed by atoms with Gasteiger partial charge in [0.1, 0.15) is 0 Å². The topological polar surface area (TPSA) is 79.6 Å². The fourth-order valence-electron chi connectivity index (χ4n) is 2.82. The second kappa shape index (κ2) is 6.93. The number of thiazole rings is 1. The van der Waals surface area contributed by atoms with E-state index in [-0.39, 0.29) is 10.9 Å². The van der Waals surface area contributed by atoms with Crippen LogP contribution in [0.1, 0.15) is 9.67 Å². The van der Waals surface area contributed by atoms with Gasteiger partial charge in [0.15, 0.2) is 5.13 Å². The van der Waals surface area contributed by atoms with Crippen molar-refractivity contribution in [1.82, 2.24) is 9.88 Å². The number of piperazine rings is 1. The van der Waals surface area contributed by atoms with Gasteiger partial charge in [0.25, 0.3) is 5.91 Å². The van der Waals surface area contributed by atoms with E-state index in [9.17, 15) is 14.9 Å². The van der Waals surface area contributed by atoms with Crippen molar-refractivity contribution in [3.05, 3.63) is 49.8 Å². The number of hydrogen-bond donors (Lipinski definition) is 0. The second-order valence-corrected chi connectivity index (χ2v) is 8.77. The van der Waals surface area contributed by atoms with Crippen molar-refractivity contribution in [3.63, 3.8) is 0 Å². The van der Waals surface area contributed by atoms with E-state index in [0.29, 0.717) is 31.1 Å². The Hall–Kier alpha value is -2.04. The third-order valence-corrected chi connectivity index (χ3v) is 6.76. The molecule has 26 heavy (non-hydrogen) atoms. The number of benzene rings is 1. The molecule has 1 aliphatic heterocycles. The number of anilines is 1. The first-order valence-corrected chi connectivity index (χ1v) is 10.3. The van der Waals surface area contributed by atoms with Crippen molar-refractivity contribution in [2.75, 3.05) is 31.1 Å². The molecule has 0 saturated carbocycles. The SMILES string of the molecule is O=C(c1ccc([N+](=O)[O-])s1)N1CCN(c2nc3ccc(Br)cc3s2)CC1. The molecule has 3 heterocycles. The number of fused-ring (bicyclic) bond motifs is 1. The number of nitrogens with zero attached hydrogens (tertiary/aromatic N) is 4. The largest absolute Gasteiger partial charge is 0.345 e. The number of nitro groups is 1. The number of halogens is 1. The highest BCUT2D eigenvalue weighted by Crippen LogP contribution is 2.31. The van der Waals surface area contributed by atoms with Crippen LogP contribution in [0.3, 0.4) is 0 Å². The molecule has 1 fully saturated rings. The average molecular weight is 453 g/mol. The molecule has 7 nitrogen and oxygen atoms in total. The summed E-state index contributed by atoms with van der Waals surface area (Å²) < 4.78 is 2.15. The number of carbonyl (C=O) groups is 1. The normalized spacial score (nSPS) is 14.8. The van der Waals surface area contributed by atoms with Crippen molar-refractivity contribution in [2.24, 2.45) is 0 Å². The Morgan fingerprint density at radius 2 is 1.92 bits per heavy atom. The smallest absolute Gasteiger partial charge is 0.324 e. The number of carbonyl (C=O) groups excluding carboxylic acids is 1. The molecule has 134 valence electrons. The van der Waals surface area contributed by atoms with Gasteiger partial charge in [-0.25, -0.2) is 4.98 Å². The molecular weight excluding hydrogens is 440 g/mol. The summed E-state index contributed by atoms with van der Waals surface area (Å²) in [5.41, 5.74) is 0.970. The summed E-state index contributed by atoms with van der Waals surface area (Å²) in [7, 11) is 0. The lowest BCUT2D eigenvalue weighted by molar-refractivity contribution is -0.380. The van der Waals surface area contributed by atoms with Crippen LogP contribution < -0.4 is 4.90 Å². The lowest BCUT2D eigenvalue weighted by atomic mass is 10.3. The van der Waals surface area contributed by atoms with Crippen LogP contribution in [-0.4, -0.2) is 46.9 Å². The number of rotatable bonds is 3. The number of aromatic nitrogens is 1. The van der Waals surface area contributed by atoms with Gasteiger partial charge in [-0.2, -0.15) is 0 Å². The van der Waals surface area contributed by atoms with Gasteiger partial charge in [0.2, 0.25) is 0 Å². The molecule has 0 radical (unpaired) electrons. The fourth-order valence-corrected chi connectivity index (χ4v) is 5.18. The van der Waals surface area contributed by atoms with Gasteiger partial charge in [-0.15, -0.1) is 0 Å². The highest BCUT2D eigenvalue weighted by molar-refractivity contribution is 9.10. The molecule has 4 rings (SSSR count). The molecule has 0 aliphatic carbocycles. The summed E-state index contributed by atoms with van der Waals surface area (Å²) in [6.07, 6.45) is 0. The summed E-state index contributed by atoms with van der Waals surface area (Å²) in [5, 5.41) is 11.7. The summed E-state index contributed by atoms with van der Waals surface area (Å²) in [6.45, 7) is 2.54. The van der Waals surface area contributed by atoms with Crippen molar-refractivity contribution in [1.29, 1.82) is 0 Å². The first-order chi connectivity index (χ1) is 12.5. The van der Waals surface area contributed by atoms with E-state index in [1.54, 1.807) is 16.2 Å². The van der Waals surface area contributed by atoms with Gasteiger partial charge in [0, 0.05) is 36.7 Å². The highest BCUT2D eigenvalue weighted by Gasteiger charge is 2.26. The molecule has 0 unspecified atom stereocenters. The van der Waals surface area contributed by atoms with E-state index in [0.717, 1.165) is 31.2 Å². The molecule has 0 N–H and O–H groups in total. The van der Waals surface area contributed by atoms with Crippen LogP contribution in [0.5, 0.6) is 0 Å². The summed E-state index contributed by atoms with van der Waals surface area (Å²) in [5.74, 6) is -0.143. The first-order valence-electron chi connectivity index (χ1n) is 7.86. The third-order valence-electron chi connectivity index (χ3n) is 4.16. The Labute approximate surface area is 165 Å². The maximum absolute atomic E-state index is 12.5. The average Bonchev–Trinajstić information content (AvgIpc) is 3.28. The molecule has 0 bridgehead atoms. The van der Waals surface area contributed by atoms with Crippen LogP contribution in [0.25, 0.3) is 10.2 Å². The molecule has 1 aromatic carbocycles. The van der Waals surface area contributed by atoms with E-state index >= 15 is 0 Å². The standard InChI is InChI=1S/C16H13BrN4O3S2/c17-10-1-2-11-13(9-10)26-16(18-11)20-7-5-19(6-8-20)15(22)12-3-4-14(25-12)21(23)24/h1-4,9H,5-8H2. The zero-order valence-electron chi connectivity index (χ0n) is 13.4. The van der Waals surface area contributed by atoms with E-state index in [4.69, 9.17) is 0 Å². The van der Waals surface area contributed by atoms with Crippen LogP contribution in [-0.2, 0) is 0 Å². The summed E-state index contributed by atoms with van der Waals surface area (Å²) in [6, 6.07) is 8.93. The molecule has 2 aromatic heterocycles. The van der Waals surface area contributed by atoms with Gasteiger partial charge >= 0.3 is 5.00 Å². The lowest BCUT2D eigenvalue weighted by Gasteiger charge is -2.34. The number of thiophene rings is 1. The van der Waals surface area contributed by atoms with Gasteiger partial charge in [0.05, 0.1) is 20.0 Å². The van der Waals surface area contributed by atoms with Gasteiger partial charge in [-0.05, 0) is 24.3 Å². The monoisotopic (exact) mass is 452 g/mol. The van der Waals surface area contributed by atoms with E-state index < -0.39 is 4.92 Å². The van der Waals surface area contributed by atoms with Crippen molar-refractivity contribution in [3.8, 4) is 0 Å². The first kappa shape index (κ1) is 17.4. The van der Waals surface area contributed by atoms with E-state index in [2.05, 4.69) is 31.9 Å². The second-order valence-electron chi connectivity index (χ2n) is 5.78. The predicted molar refractivity (Wildman–Crippen MR) is 106 cm³/mol. The highest BCUT2D eigenvalue weighted by atomic mass is 79.9.